The minimum Gasteiger partial charge on any atom is -0.481 e. The third kappa shape index (κ3) is 5.09. The lowest BCUT2D eigenvalue weighted by atomic mass is 10.0. The Morgan fingerprint density at radius 3 is 2.40 bits per heavy atom. The predicted octanol–water partition coefficient (Wildman–Crippen LogP) is 0.972. The molecule has 1 aromatic carbocycles. The summed E-state index contributed by atoms with van der Waals surface area (Å²) in [7, 11) is 0. The van der Waals surface area contributed by atoms with Crippen LogP contribution in [-0.2, 0) is 20.8 Å². The van der Waals surface area contributed by atoms with Crippen molar-refractivity contribution in [1.29, 1.82) is 0 Å². The van der Waals surface area contributed by atoms with Gasteiger partial charge >= 0.3 is 11.9 Å². The lowest BCUT2D eigenvalue weighted by Crippen LogP contribution is -2.42. The molecule has 0 saturated carbocycles. The maximum Gasteiger partial charge on any atom is 0.326 e. The molecule has 1 unspecified atom stereocenters. The molecule has 1 rings (SSSR count). The number of hydrogen-bond acceptors (Lipinski definition) is 3. The van der Waals surface area contributed by atoms with Crippen molar-refractivity contribution in [2.75, 3.05) is 0 Å². The smallest absolute Gasteiger partial charge is 0.326 e. The monoisotopic (exact) mass is 279 g/mol. The summed E-state index contributed by atoms with van der Waals surface area (Å²) in [4.78, 5) is 33.0. The van der Waals surface area contributed by atoms with Crippen LogP contribution in [-0.4, -0.2) is 34.1 Å². The Morgan fingerprint density at radius 1 is 1.20 bits per heavy atom. The Morgan fingerprint density at radius 2 is 1.85 bits per heavy atom. The highest BCUT2D eigenvalue weighted by atomic mass is 16.4. The topological polar surface area (TPSA) is 104 Å². The first-order chi connectivity index (χ1) is 9.40. The van der Waals surface area contributed by atoms with Gasteiger partial charge in [-0.2, -0.15) is 0 Å². The number of aliphatic carboxylic acids is 2. The molecule has 0 aromatic heterocycles. The van der Waals surface area contributed by atoms with Crippen LogP contribution in [0.2, 0.25) is 0 Å². The van der Waals surface area contributed by atoms with Crippen molar-refractivity contribution < 1.29 is 24.6 Å². The van der Waals surface area contributed by atoms with Crippen LogP contribution in [0.3, 0.4) is 0 Å². The van der Waals surface area contributed by atoms with Crippen molar-refractivity contribution in [2.24, 2.45) is 0 Å². The standard InChI is InChI=1S/C14H17NO5/c1-9-4-2-3-5-10(9)6-7-12(16)15-11(14(19)20)8-13(17)18/h2-5,11H,6-8H2,1H3,(H,15,16)(H,17,18)(H,19,20). The first-order valence-electron chi connectivity index (χ1n) is 6.18. The van der Waals surface area contributed by atoms with Gasteiger partial charge in [-0.15, -0.1) is 0 Å². The Kier molecular flexibility index (Phi) is 5.71. The molecule has 0 aliphatic rings. The van der Waals surface area contributed by atoms with E-state index in [0.717, 1.165) is 11.1 Å². The van der Waals surface area contributed by atoms with Gasteiger partial charge in [0, 0.05) is 6.42 Å². The van der Waals surface area contributed by atoms with E-state index in [0.29, 0.717) is 6.42 Å². The first kappa shape index (κ1) is 15.7. The Labute approximate surface area is 116 Å². The van der Waals surface area contributed by atoms with Gasteiger partial charge in [0.15, 0.2) is 0 Å². The largest absolute Gasteiger partial charge is 0.481 e. The van der Waals surface area contributed by atoms with Crippen LogP contribution < -0.4 is 5.32 Å². The molecule has 0 aliphatic carbocycles. The fraction of sp³-hybridized carbons (Fsp3) is 0.357. The van der Waals surface area contributed by atoms with Gasteiger partial charge in [-0.1, -0.05) is 24.3 Å². The van der Waals surface area contributed by atoms with Crippen molar-refractivity contribution in [3.8, 4) is 0 Å². The number of carboxylic acid groups (broad SMARTS) is 2. The van der Waals surface area contributed by atoms with E-state index in [2.05, 4.69) is 5.32 Å². The summed E-state index contributed by atoms with van der Waals surface area (Å²) in [6.45, 7) is 1.93. The second-order valence-electron chi connectivity index (χ2n) is 4.48. The van der Waals surface area contributed by atoms with Gasteiger partial charge in [0.2, 0.25) is 5.91 Å². The van der Waals surface area contributed by atoms with E-state index in [9.17, 15) is 14.4 Å². The van der Waals surface area contributed by atoms with E-state index >= 15 is 0 Å². The number of aryl methyl sites for hydroxylation is 2. The summed E-state index contributed by atoms with van der Waals surface area (Å²) < 4.78 is 0. The molecule has 1 amide bonds. The average Bonchev–Trinajstić information content (AvgIpc) is 2.36. The molecule has 3 N–H and O–H groups in total. The average molecular weight is 279 g/mol. The fourth-order valence-electron chi connectivity index (χ4n) is 1.78. The van der Waals surface area contributed by atoms with Crippen molar-refractivity contribution in [1.82, 2.24) is 5.32 Å². The number of amides is 1. The Balaban J connectivity index is 2.52. The third-order valence-electron chi connectivity index (χ3n) is 2.89. The molecule has 6 heteroatoms. The Bertz CT molecular complexity index is 512. The van der Waals surface area contributed by atoms with E-state index in [1.54, 1.807) is 0 Å². The highest BCUT2D eigenvalue weighted by Crippen LogP contribution is 2.09. The van der Waals surface area contributed by atoms with E-state index in [-0.39, 0.29) is 6.42 Å². The summed E-state index contributed by atoms with van der Waals surface area (Å²) in [6.07, 6.45) is -0.0302. The van der Waals surface area contributed by atoms with Crippen molar-refractivity contribution >= 4 is 17.8 Å². The number of carbonyl (C=O) groups excluding carboxylic acids is 1. The predicted molar refractivity (Wildman–Crippen MR) is 71.3 cm³/mol. The quantitative estimate of drug-likeness (QED) is 0.690. The zero-order valence-electron chi connectivity index (χ0n) is 11.1. The summed E-state index contributed by atoms with van der Waals surface area (Å²) in [6, 6.07) is 6.19. The SMILES string of the molecule is Cc1ccccc1CCC(=O)NC(CC(=O)O)C(=O)O. The number of hydrogen-bond donors (Lipinski definition) is 3. The molecule has 0 spiro atoms. The number of carbonyl (C=O) groups is 3. The molecule has 0 bridgehead atoms. The van der Waals surface area contributed by atoms with Crippen LogP contribution >= 0.6 is 0 Å². The molecule has 1 aromatic rings. The number of benzene rings is 1. The number of carboxylic acids is 2. The van der Waals surface area contributed by atoms with Gasteiger partial charge in [0.1, 0.15) is 6.04 Å². The van der Waals surface area contributed by atoms with E-state index < -0.39 is 30.3 Å². The lowest BCUT2D eigenvalue weighted by molar-refractivity contribution is -0.147. The molecule has 1 atom stereocenters. The lowest BCUT2D eigenvalue weighted by Gasteiger charge is -2.12. The molecule has 0 heterocycles. The van der Waals surface area contributed by atoms with Crippen LogP contribution in [0.5, 0.6) is 0 Å². The summed E-state index contributed by atoms with van der Waals surface area (Å²) >= 11 is 0. The summed E-state index contributed by atoms with van der Waals surface area (Å²) in [5, 5.41) is 19.6. The van der Waals surface area contributed by atoms with Crippen LogP contribution in [0, 0.1) is 6.92 Å². The molecule has 108 valence electrons. The summed E-state index contributed by atoms with van der Waals surface area (Å²) in [5.41, 5.74) is 2.06. The van der Waals surface area contributed by atoms with Crippen LogP contribution in [0.25, 0.3) is 0 Å². The molecular weight excluding hydrogens is 262 g/mol. The zero-order chi connectivity index (χ0) is 15.1. The van der Waals surface area contributed by atoms with Gasteiger partial charge in [0.05, 0.1) is 6.42 Å². The molecule has 6 nitrogen and oxygen atoms in total. The maximum atomic E-state index is 11.7. The highest BCUT2D eigenvalue weighted by Gasteiger charge is 2.22. The minimum atomic E-state index is -1.39. The van der Waals surface area contributed by atoms with Crippen molar-refractivity contribution in [3.05, 3.63) is 35.4 Å². The zero-order valence-corrected chi connectivity index (χ0v) is 11.1. The summed E-state index contributed by atoms with van der Waals surface area (Å²) in [5.74, 6) is -3.09. The molecule has 20 heavy (non-hydrogen) atoms. The van der Waals surface area contributed by atoms with Crippen LogP contribution in [0.1, 0.15) is 24.0 Å². The van der Waals surface area contributed by atoms with Gasteiger partial charge in [-0.25, -0.2) is 4.79 Å². The van der Waals surface area contributed by atoms with E-state index in [1.165, 1.54) is 0 Å². The van der Waals surface area contributed by atoms with Crippen molar-refractivity contribution in [2.45, 2.75) is 32.2 Å². The normalized spacial score (nSPS) is 11.7. The number of rotatable bonds is 7. The second kappa shape index (κ2) is 7.28. The molecule has 0 radical (unpaired) electrons. The molecular formula is C14H17NO5. The fourth-order valence-corrected chi connectivity index (χ4v) is 1.78. The van der Waals surface area contributed by atoms with Gasteiger partial charge in [0.25, 0.3) is 0 Å². The van der Waals surface area contributed by atoms with Gasteiger partial charge in [-0.3, -0.25) is 9.59 Å². The van der Waals surface area contributed by atoms with E-state index in [1.807, 2.05) is 31.2 Å². The highest BCUT2D eigenvalue weighted by molar-refractivity contribution is 5.86. The molecule has 0 fully saturated rings. The molecule has 0 aliphatic heterocycles. The Hall–Kier alpha value is -2.37. The van der Waals surface area contributed by atoms with E-state index in [4.69, 9.17) is 10.2 Å². The van der Waals surface area contributed by atoms with Crippen LogP contribution in [0.4, 0.5) is 0 Å². The first-order valence-corrected chi connectivity index (χ1v) is 6.18. The van der Waals surface area contributed by atoms with Crippen molar-refractivity contribution in [3.63, 3.8) is 0 Å². The maximum absolute atomic E-state index is 11.7. The minimum absolute atomic E-state index is 0.119. The third-order valence-corrected chi connectivity index (χ3v) is 2.89. The van der Waals surface area contributed by atoms with Crippen LogP contribution in [0.15, 0.2) is 24.3 Å². The van der Waals surface area contributed by atoms with Gasteiger partial charge < -0.3 is 15.5 Å². The second-order valence-corrected chi connectivity index (χ2v) is 4.48. The molecule has 0 saturated heterocycles. The van der Waals surface area contributed by atoms with Gasteiger partial charge in [-0.05, 0) is 24.5 Å². The number of nitrogens with one attached hydrogen (secondary N) is 1.